The maximum atomic E-state index is 13.1. The third-order valence-corrected chi connectivity index (χ3v) is 5.72. The molecule has 31 heavy (non-hydrogen) atoms. The predicted octanol–water partition coefficient (Wildman–Crippen LogP) is 4.70. The van der Waals surface area contributed by atoms with Crippen molar-refractivity contribution in [3.63, 3.8) is 0 Å². The molecule has 0 spiro atoms. The largest absolute Gasteiger partial charge is 0.483 e. The molecule has 8 heteroatoms. The van der Waals surface area contributed by atoms with Gasteiger partial charge in [0.15, 0.2) is 6.61 Å². The van der Waals surface area contributed by atoms with Crippen LogP contribution in [0, 0.1) is 18.7 Å². The zero-order valence-electron chi connectivity index (χ0n) is 17.2. The molecule has 0 saturated carbocycles. The highest BCUT2D eigenvalue weighted by Crippen LogP contribution is 2.24. The summed E-state index contributed by atoms with van der Waals surface area (Å²) in [5, 5.41) is 4.64. The molecule has 2 aromatic carbocycles. The summed E-state index contributed by atoms with van der Waals surface area (Å²) in [6.07, 6.45) is 2.39. The van der Waals surface area contributed by atoms with Gasteiger partial charge in [-0.2, -0.15) is 4.98 Å². The van der Waals surface area contributed by atoms with Crippen LogP contribution in [-0.4, -0.2) is 40.6 Å². The van der Waals surface area contributed by atoms with Gasteiger partial charge in [-0.25, -0.2) is 4.39 Å². The van der Waals surface area contributed by atoms with E-state index in [1.807, 2.05) is 17.9 Å². The lowest BCUT2D eigenvalue weighted by molar-refractivity contribution is -0.134. The van der Waals surface area contributed by atoms with Gasteiger partial charge in [0.2, 0.25) is 11.7 Å². The number of aromatic nitrogens is 2. The molecule has 1 fully saturated rings. The summed E-state index contributed by atoms with van der Waals surface area (Å²) in [6, 6.07) is 11.3. The fraction of sp³-hybridized carbons (Fsp3) is 0.348. The Morgan fingerprint density at radius 2 is 1.97 bits per heavy atom. The highest BCUT2D eigenvalue weighted by molar-refractivity contribution is 6.30. The lowest BCUT2D eigenvalue weighted by Gasteiger charge is -2.31. The molecule has 6 nitrogen and oxygen atoms in total. The van der Waals surface area contributed by atoms with Crippen LogP contribution in [0.4, 0.5) is 4.39 Å². The van der Waals surface area contributed by atoms with E-state index in [2.05, 4.69) is 10.1 Å². The average Bonchev–Trinajstić information content (AvgIpc) is 3.22. The van der Waals surface area contributed by atoms with Crippen LogP contribution in [0.1, 0.15) is 24.3 Å². The molecule has 162 valence electrons. The standard InChI is InChI=1S/C23H23ClFN3O3/c1-15-12-18(24)4-7-20(15)30-14-22(29)28-10-8-16(9-11-28)13-21-26-23(27-31-21)17-2-5-19(25)6-3-17/h2-7,12,16H,8-11,13-14H2,1H3. The van der Waals surface area contributed by atoms with Crippen LogP contribution in [-0.2, 0) is 11.2 Å². The minimum Gasteiger partial charge on any atom is -0.483 e. The van der Waals surface area contributed by atoms with E-state index < -0.39 is 0 Å². The summed E-state index contributed by atoms with van der Waals surface area (Å²) in [6.45, 7) is 3.25. The van der Waals surface area contributed by atoms with Crippen molar-refractivity contribution in [3.05, 3.63) is 64.8 Å². The number of carbonyl (C=O) groups is 1. The highest BCUT2D eigenvalue weighted by atomic mass is 35.5. The lowest BCUT2D eigenvalue weighted by atomic mass is 9.93. The summed E-state index contributed by atoms with van der Waals surface area (Å²) < 4.78 is 24.1. The van der Waals surface area contributed by atoms with E-state index in [4.69, 9.17) is 20.9 Å². The zero-order valence-corrected chi connectivity index (χ0v) is 17.9. The number of rotatable bonds is 6. The fourth-order valence-corrected chi connectivity index (χ4v) is 3.92. The summed E-state index contributed by atoms with van der Waals surface area (Å²) >= 11 is 5.95. The minimum atomic E-state index is -0.303. The van der Waals surface area contributed by atoms with E-state index >= 15 is 0 Å². The molecular weight excluding hydrogens is 421 g/mol. The predicted molar refractivity (Wildman–Crippen MR) is 114 cm³/mol. The van der Waals surface area contributed by atoms with Crippen LogP contribution in [0.3, 0.4) is 0 Å². The maximum absolute atomic E-state index is 13.1. The van der Waals surface area contributed by atoms with Gasteiger partial charge in [-0.15, -0.1) is 0 Å². The number of halogens is 2. The van der Waals surface area contributed by atoms with Crippen molar-refractivity contribution in [3.8, 4) is 17.1 Å². The van der Waals surface area contributed by atoms with Crippen LogP contribution < -0.4 is 4.74 Å². The Labute approximate surface area is 185 Å². The Bertz CT molecular complexity index is 1050. The molecule has 1 amide bonds. The number of amides is 1. The molecule has 1 aliphatic heterocycles. The third kappa shape index (κ3) is 5.41. The molecule has 0 atom stereocenters. The topological polar surface area (TPSA) is 68.5 Å². The van der Waals surface area contributed by atoms with E-state index in [1.165, 1.54) is 12.1 Å². The molecule has 1 saturated heterocycles. The number of hydrogen-bond acceptors (Lipinski definition) is 5. The minimum absolute atomic E-state index is 0.0117. The van der Waals surface area contributed by atoms with Crippen molar-refractivity contribution >= 4 is 17.5 Å². The zero-order chi connectivity index (χ0) is 21.8. The lowest BCUT2D eigenvalue weighted by Crippen LogP contribution is -2.41. The molecule has 1 aliphatic rings. The summed E-state index contributed by atoms with van der Waals surface area (Å²) in [5.41, 5.74) is 1.62. The molecule has 0 radical (unpaired) electrons. The molecule has 0 aliphatic carbocycles. The van der Waals surface area contributed by atoms with Crippen LogP contribution in [0.25, 0.3) is 11.4 Å². The van der Waals surface area contributed by atoms with Gasteiger partial charge in [0, 0.05) is 30.1 Å². The number of carbonyl (C=O) groups excluding carboxylic acids is 1. The Morgan fingerprint density at radius 3 is 2.68 bits per heavy atom. The number of piperidine rings is 1. The molecule has 0 unspecified atom stereocenters. The Hall–Kier alpha value is -2.93. The number of ether oxygens (including phenoxy) is 1. The van der Waals surface area contributed by atoms with Gasteiger partial charge in [0.25, 0.3) is 5.91 Å². The summed E-state index contributed by atoms with van der Waals surface area (Å²) in [5.74, 6) is 1.72. The van der Waals surface area contributed by atoms with E-state index in [1.54, 1.807) is 24.3 Å². The third-order valence-electron chi connectivity index (χ3n) is 5.49. The van der Waals surface area contributed by atoms with Gasteiger partial charge >= 0.3 is 0 Å². The molecule has 4 rings (SSSR count). The highest BCUT2D eigenvalue weighted by Gasteiger charge is 2.25. The van der Waals surface area contributed by atoms with Crippen LogP contribution in [0.15, 0.2) is 47.0 Å². The quantitative estimate of drug-likeness (QED) is 0.552. The van der Waals surface area contributed by atoms with Crippen molar-refractivity contribution < 1.29 is 18.4 Å². The SMILES string of the molecule is Cc1cc(Cl)ccc1OCC(=O)N1CCC(Cc2nc(-c3ccc(F)cc3)no2)CC1. The molecular formula is C23H23ClFN3O3. The second-order valence-electron chi connectivity index (χ2n) is 7.75. The van der Waals surface area contributed by atoms with Crippen molar-refractivity contribution in [2.75, 3.05) is 19.7 Å². The van der Waals surface area contributed by atoms with Crippen molar-refractivity contribution in [2.45, 2.75) is 26.2 Å². The first-order chi connectivity index (χ1) is 15.0. The average molecular weight is 444 g/mol. The molecule has 0 bridgehead atoms. The van der Waals surface area contributed by atoms with Gasteiger partial charge in [-0.05, 0) is 73.7 Å². The number of benzene rings is 2. The van der Waals surface area contributed by atoms with E-state index in [0.717, 1.165) is 18.4 Å². The van der Waals surface area contributed by atoms with Crippen molar-refractivity contribution in [1.29, 1.82) is 0 Å². The Kier molecular flexibility index (Phi) is 6.51. The molecule has 2 heterocycles. The van der Waals surface area contributed by atoms with E-state index in [0.29, 0.717) is 53.5 Å². The first kappa shape index (κ1) is 21.3. The Morgan fingerprint density at radius 1 is 1.23 bits per heavy atom. The molecule has 0 N–H and O–H groups in total. The smallest absolute Gasteiger partial charge is 0.260 e. The Balaban J connectivity index is 1.25. The second-order valence-corrected chi connectivity index (χ2v) is 8.18. The van der Waals surface area contributed by atoms with Gasteiger partial charge in [-0.1, -0.05) is 16.8 Å². The van der Waals surface area contributed by atoms with Crippen LogP contribution in [0.5, 0.6) is 5.75 Å². The first-order valence-electron chi connectivity index (χ1n) is 10.2. The summed E-state index contributed by atoms with van der Waals surface area (Å²) in [4.78, 5) is 18.8. The number of likely N-dealkylation sites (tertiary alicyclic amines) is 1. The number of aryl methyl sites for hydroxylation is 1. The van der Waals surface area contributed by atoms with Gasteiger partial charge in [0.05, 0.1) is 0 Å². The van der Waals surface area contributed by atoms with E-state index in [9.17, 15) is 9.18 Å². The van der Waals surface area contributed by atoms with Crippen LogP contribution in [0.2, 0.25) is 5.02 Å². The van der Waals surface area contributed by atoms with Crippen molar-refractivity contribution in [2.24, 2.45) is 5.92 Å². The number of nitrogens with zero attached hydrogens (tertiary/aromatic N) is 3. The maximum Gasteiger partial charge on any atom is 0.260 e. The molecule has 1 aromatic heterocycles. The van der Waals surface area contributed by atoms with E-state index in [-0.39, 0.29) is 18.3 Å². The summed E-state index contributed by atoms with van der Waals surface area (Å²) in [7, 11) is 0. The normalized spacial score (nSPS) is 14.6. The second kappa shape index (κ2) is 9.47. The fourth-order valence-electron chi connectivity index (χ4n) is 3.69. The first-order valence-corrected chi connectivity index (χ1v) is 10.6. The molecule has 3 aromatic rings. The van der Waals surface area contributed by atoms with Crippen molar-refractivity contribution in [1.82, 2.24) is 15.0 Å². The van der Waals surface area contributed by atoms with Gasteiger partial charge < -0.3 is 14.2 Å². The monoisotopic (exact) mass is 443 g/mol. The van der Waals surface area contributed by atoms with Crippen LogP contribution >= 0.6 is 11.6 Å². The number of hydrogen-bond donors (Lipinski definition) is 0. The van der Waals surface area contributed by atoms with Gasteiger partial charge in [-0.3, -0.25) is 4.79 Å². The van der Waals surface area contributed by atoms with Gasteiger partial charge in [0.1, 0.15) is 11.6 Å².